The van der Waals surface area contributed by atoms with Crippen LogP contribution in [0.4, 0.5) is 5.82 Å². The highest BCUT2D eigenvalue weighted by molar-refractivity contribution is 5.98. The van der Waals surface area contributed by atoms with Gasteiger partial charge in [-0.3, -0.25) is 15.1 Å². The van der Waals surface area contributed by atoms with E-state index in [0.717, 1.165) is 12.8 Å². The lowest BCUT2D eigenvalue weighted by Gasteiger charge is -2.25. The van der Waals surface area contributed by atoms with E-state index in [0.29, 0.717) is 11.5 Å². The number of nitrogens with two attached hydrogens (primary N) is 1. The average Bonchev–Trinajstić information content (AvgIpc) is 2.93. The third-order valence-electron chi connectivity index (χ3n) is 3.19. The van der Waals surface area contributed by atoms with Crippen molar-refractivity contribution in [1.82, 2.24) is 14.9 Å². The Morgan fingerprint density at radius 3 is 3.11 bits per heavy atom. The van der Waals surface area contributed by atoms with E-state index in [1.54, 1.807) is 10.9 Å². The van der Waals surface area contributed by atoms with E-state index in [2.05, 4.69) is 15.6 Å². The fourth-order valence-electron chi connectivity index (χ4n) is 2.31. The van der Waals surface area contributed by atoms with Crippen LogP contribution >= 0.6 is 0 Å². The van der Waals surface area contributed by atoms with Gasteiger partial charge in [0.25, 0.3) is 5.91 Å². The summed E-state index contributed by atoms with van der Waals surface area (Å²) in [4.78, 5) is 15.7. The number of hydrogen-bond donors (Lipinski definition) is 4. The van der Waals surface area contributed by atoms with Crippen LogP contribution in [0.5, 0.6) is 0 Å². The molecule has 0 aromatic carbocycles. The Morgan fingerprint density at radius 1 is 1.56 bits per heavy atom. The van der Waals surface area contributed by atoms with Crippen molar-refractivity contribution in [2.75, 3.05) is 11.9 Å². The fourth-order valence-corrected chi connectivity index (χ4v) is 2.31. The summed E-state index contributed by atoms with van der Waals surface area (Å²) in [5, 5.41) is 14.5. The molecule has 2 aliphatic heterocycles. The molecule has 3 atom stereocenters. The second-order valence-corrected chi connectivity index (χ2v) is 4.42. The second kappa shape index (κ2) is 4.23. The molecule has 0 bridgehead atoms. The van der Waals surface area contributed by atoms with Gasteiger partial charge in [-0.05, 0) is 12.8 Å². The van der Waals surface area contributed by atoms with Gasteiger partial charge in [-0.2, -0.15) is 0 Å². The quantitative estimate of drug-likeness (QED) is 0.535. The van der Waals surface area contributed by atoms with Crippen molar-refractivity contribution in [2.24, 2.45) is 5.73 Å². The fraction of sp³-hybridized carbons (Fsp3) is 0.600. The number of hydrogen-bond acceptors (Lipinski definition) is 6. The number of imidazole rings is 1. The van der Waals surface area contributed by atoms with Crippen LogP contribution < -0.4 is 16.4 Å². The Hall–Kier alpha value is -1.64. The lowest BCUT2D eigenvalue weighted by Crippen LogP contribution is -2.51. The number of carbonyl (C=O) groups is 1. The number of nitrogens with zero attached hydrogens (tertiary/aromatic N) is 2. The molecule has 1 aromatic rings. The summed E-state index contributed by atoms with van der Waals surface area (Å²) in [6.45, 7) is 0.000810. The molecule has 98 valence electrons. The smallest absolute Gasteiger partial charge is 0.276 e. The van der Waals surface area contributed by atoms with Crippen LogP contribution in [0.25, 0.3) is 0 Å². The summed E-state index contributed by atoms with van der Waals surface area (Å²) in [6.07, 6.45) is 2.11. The molecule has 0 saturated carbocycles. The van der Waals surface area contributed by atoms with E-state index >= 15 is 0 Å². The minimum Gasteiger partial charge on any atom is -0.394 e. The van der Waals surface area contributed by atoms with Gasteiger partial charge in [0, 0.05) is 0 Å². The van der Waals surface area contributed by atoms with Gasteiger partial charge in [0.05, 0.1) is 19.0 Å². The molecule has 1 aromatic heterocycles. The van der Waals surface area contributed by atoms with E-state index in [1.807, 2.05) is 0 Å². The van der Waals surface area contributed by atoms with Gasteiger partial charge >= 0.3 is 0 Å². The summed E-state index contributed by atoms with van der Waals surface area (Å²) < 4.78 is 7.41. The van der Waals surface area contributed by atoms with Gasteiger partial charge in [-0.25, -0.2) is 4.98 Å². The van der Waals surface area contributed by atoms with Crippen LogP contribution in [-0.4, -0.2) is 39.6 Å². The number of aliphatic hydroxyl groups is 1. The Balaban J connectivity index is 1.88. The summed E-state index contributed by atoms with van der Waals surface area (Å²) in [5.74, 6) is 0.265. The zero-order valence-corrected chi connectivity index (χ0v) is 9.67. The first-order valence-electron chi connectivity index (χ1n) is 5.85. The van der Waals surface area contributed by atoms with Crippen LogP contribution in [0.1, 0.15) is 29.6 Å². The number of aromatic nitrogens is 2. The van der Waals surface area contributed by atoms with E-state index in [4.69, 9.17) is 15.6 Å². The largest absolute Gasteiger partial charge is 0.394 e. The molecular formula is C10H15N5O3. The van der Waals surface area contributed by atoms with E-state index in [9.17, 15) is 4.79 Å². The van der Waals surface area contributed by atoms with Crippen molar-refractivity contribution in [2.45, 2.75) is 31.5 Å². The van der Waals surface area contributed by atoms with E-state index in [-0.39, 0.29) is 24.8 Å². The highest BCUT2D eigenvalue weighted by atomic mass is 16.5. The maximum atomic E-state index is 11.7. The lowest BCUT2D eigenvalue weighted by molar-refractivity contribution is -0.0215. The van der Waals surface area contributed by atoms with Crippen molar-refractivity contribution in [3.05, 3.63) is 12.0 Å². The van der Waals surface area contributed by atoms with Crippen molar-refractivity contribution in [1.29, 1.82) is 0 Å². The molecule has 1 fully saturated rings. The maximum absolute atomic E-state index is 11.7. The van der Waals surface area contributed by atoms with Crippen LogP contribution in [0.15, 0.2) is 6.33 Å². The first-order valence-corrected chi connectivity index (χ1v) is 5.85. The van der Waals surface area contributed by atoms with Crippen LogP contribution in [0.3, 0.4) is 0 Å². The van der Waals surface area contributed by atoms with Crippen LogP contribution in [0, 0.1) is 0 Å². The van der Waals surface area contributed by atoms with Crippen LogP contribution in [-0.2, 0) is 4.74 Å². The zero-order valence-electron chi connectivity index (χ0n) is 9.67. The summed E-state index contributed by atoms with van der Waals surface area (Å²) in [7, 11) is 0. The van der Waals surface area contributed by atoms with Crippen LogP contribution in [0.2, 0.25) is 0 Å². The molecule has 3 rings (SSSR count). The molecule has 1 amide bonds. The van der Waals surface area contributed by atoms with Gasteiger partial charge in [0.1, 0.15) is 12.0 Å². The number of ether oxygens (including phenoxy) is 1. The lowest BCUT2D eigenvalue weighted by atomic mass is 10.2. The first kappa shape index (κ1) is 11.5. The highest BCUT2D eigenvalue weighted by Gasteiger charge is 2.32. The molecule has 18 heavy (non-hydrogen) atoms. The number of rotatable bonds is 2. The predicted molar refractivity (Wildman–Crippen MR) is 61.5 cm³/mol. The minimum atomic E-state index is -0.629. The topological polar surface area (TPSA) is 114 Å². The Kier molecular flexibility index (Phi) is 2.69. The molecule has 0 radical (unpaired) electrons. The van der Waals surface area contributed by atoms with Gasteiger partial charge in [-0.1, -0.05) is 0 Å². The van der Waals surface area contributed by atoms with E-state index in [1.165, 1.54) is 0 Å². The van der Waals surface area contributed by atoms with Crippen molar-refractivity contribution in [3.8, 4) is 0 Å². The Bertz CT molecular complexity index is 474. The number of nitrogens with one attached hydrogen (secondary N) is 2. The minimum absolute atomic E-state index is 0.000810. The van der Waals surface area contributed by atoms with Gasteiger partial charge in [0.2, 0.25) is 0 Å². The average molecular weight is 253 g/mol. The summed E-state index contributed by atoms with van der Waals surface area (Å²) in [6, 6.07) is 0. The molecule has 8 nitrogen and oxygen atoms in total. The molecule has 3 heterocycles. The van der Waals surface area contributed by atoms with E-state index < -0.39 is 6.29 Å². The Morgan fingerprint density at radius 2 is 2.39 bits per heavy atom. The normalized spacial score (nSPS) is 30.8. The number of fused-ring (bicyclic) bond motifs is 1. The molecule has 3 unspecified atom stereocenters. The van der Waals surface area contributed by atoms with Crippen molar-refractivity contribution in [3.63, 3.8) is 0 Å². The third-order valence-corrected chi connectivity index (χ3v) is 3.19. The zero-order chi connectivity index (χ0) is 12.7. The molecule has 0 spiro atoms. The summed E-state index contributed by atoms with van der Waals surface area (Å²) >= 11 is 0. The summed E-state index contributed by atoms with van der Waals surface area (Å²) in [5.41, 5.74) is 5.97. The molecular weight excluding hydrogens is 238 g/mol. The number of amides is 1. The number of aliphatic hydroxyl groups excluding tert-OH is 1. The van der Waals surface area contributed by atoms with Crippen molar-refractivity contribution < 1.29 is 14.6 Å². The van der Waals surface area contributed by atoms with Gasteiger partial charge in [0.15, 0.2) is 12.0 Å². The van der Waals surface area contributed by atoms with Crippen molar-refractivity contribution >= 4 is 11.7 Å². The van der Waals surface area contributed by atoms with Gasteiger partial charge < -0.3 is 20.5 Å². The SMILES string of the molecule is NC1NC(=O)c2ncn(C3CCC(CO)O3)c2N1. The monoisotopic (exact) mass is 253 g/mol. The second-order valence-electron chi connectivity index (χ2n) is 4.42. The number of anilines is 1. The highest BCUT2D eigenvalue weighted by Crippen LogP contribution is 2.32. The van der Waals surface area contributed by atoms with Gasteiger partial charge in [-0.15, -0.1) is 0 Å². The first-order chi connectivity index (χ1) is 8.69. The third kappa shape index (κ3) is 1.74. The molecule has 8 heteroatoms. The number of carbonyl (C=O) groups excluding carboxylic acids is 1. The Labute approximate surface area is 103 Å². The molecule has 1 saturated heterocycles. The standard InChI is InChI=1S/C10H15N5O3/c11-10-13-8-7(9(17)14-10)12-4-15(8)6-2-1-5(3-16)18-6/h4-6,10,13,16H,1-3,11H2,(H,14,17). The molecule has 0 aliphatic carbocycles. The predicted octanol–water partition coefficient (Wildman–Crippen LogP) is -1.05. The molecule has 5 N–H and O–H groups in total. The molecule has 2 aliphatic rings. The maximum Gasteiger partial charge on any atom is 0.276 e.